The van der Waals surface area contributed by atoms with Crippen LogP contribution in [0.3, 0.4) is 0 Å². The number of halogens is 1. The van der Waals surface area contributed by atoms with Gasteiger partial charge in [0.1, 0.15) is 0 Å². The molecule has 9 heteroatoms. The molecule has 0 atom stereocenters. The first kappa shape index (κ1) is 18.4. The Bertz CT molecular complexity index is 685. The van der Waals surface area contributed by atoms with Gasteiger partial charge >= 0.3 is 0 Å². The molecule has 21 heavy (non-hydrogen) atoms. The Labute approximate surface area is 130 Å². The molecule has 0 heterocycles. The minimum Gasteiger partial charge on any atom is -0.383 e. The summed E-state index contributed by atoms with van der Waals surface area (Å²) in [7, 11) is -1.08. The third kappa shape index (κ3) is 4.65. The number of hydrogen-bond acceptors (Lipinski definition) is 5. The molecule has 0 aromatic heterocycles. The zero-order chi connectivity index (χ0) is 16.3. The molecule has 1 aromatic rings. The fourth-order valence-electron chi connectivity index (χ4n) is 1.76. The highest BCUT2D eigenvalue weighted by molar-refractivity contribution is 8.13. The van der Waals surface area contributed by atoms with Crippen LogP contribution in [0.15, 0.2) is 34.1 Å². The zero-order valence-electron chi connectivity index (χ0n) is 12.0. The van der Waals surface area contributed by atoms with E-state index in [4.69, 9.17) is 15.4 Å². The summed E-state index contributed by atoms with van der Waals surface area (Å²) >= 11 is 0. The molecule has 0 aliphatic heterocycles. The molecule has 0 saturated heterocycles. The van der Waals surface area contributed by atoms with E-state index >= 15 is 0 Å². The molecule has 0 fully saturated rings. The summed E-state index contributed by atoms with van der Waals surface area (Å²) in [6, 6.07) is 4.69. The third-order valence-electron chi connectivity index (χ3n) is 2.79. The van der Waals surface area contributed by atoms with Gasteiger partial charge in [-0.1, -0.05) is 6.07 Å². The van der Waals surface area contributed by atoms with Crippen LogP contribution in [-0.4, -0.2) is 47.4 Å². The summed E-state index contributed by atoms with van der Waals surface area (Å²) in [4.78, 5) is -0.366. The monoisotopic (exact) mass is 355 g/mol. The third-order valence-corrected chi connectivity index (χ3v) is 6.21. The van der Waals surface area contributed by atoms with Gasteiger partial charge in [-0.2, -0.15) is 4.31 Å². The maximum atomic E-state index is 12.6. The molecule has 0 radical (unpaired) electrons. The molecule has 0 unspecified atom stereocenters. The van der Waals surface area contributed by atoms with Gasteiger partial charge in [-0.15, -0.1) is 0 Å². The molecular formula is C12H18ClNO5S2. The van der Waals surface area contributed by atoms with Crippen molar-refractivity contribution in [3.8, 4) is 0 Å². The molecule has 0 N–H and O–H groups in total. The van der Waals surface area contributed by atoms with Crippen LogP contribution in [0.5, 0.6) is 0 Å². The lowest BCUT2D eigenvalue weighted by Gasteiger charge is -2.25. The predicted octanol–water partition coefficient (Wildman–Crippen LogP) is 1.66. The van der Waals surface area contributed by atoms with Crippen LogP contribution in [0, 0.1) is 0 Å². The van der Waals surface area contributed by atoms with Crippen molar-refractivity contribution in [2.45, 2.75) is 29.7 Å². The first-order valence-corrected chi connectivity index (χ1v) is 9.91. The molecule has 120 valence electrons. The minimum atomic E-state index is -3.98. The Morgan fingerprint density at radius 2 is 1.76 bits per heavy atom. The van der Waals surface area contributed by atoms with Gasteiger partial charge in [-0.3, -0.25) is 0 Å². The fraction of sp³-hybridized carbons (Fsp3) is 0.500. The number of benzene rings is 1. The van der Waals surface area contributed by atoms with E-state index in [1.165, 1.54) is 29.6 Å². The summed E-state index contributed by atoms with van der Waals surface area (Å²) < 4.78 is 54.0. The highest BCUT2D eigenvalue weighted by Crippen LogP contribution is 2.23. The molecule has 0 bridgehead atoms. The summed E-state index contributed by atoms with van der Waals surface area (Å²) in [6.07, 6.45) is 0. The topological polar surface area (TPSA) is 80.8 Å². The second-order valence-electron chi connectivity index (χ2n) is 4.62. The average Bonchev–Trinajstić information content (AvgIpc) is 2.37. The number of rotatable bonds is 7. The lowest BCUT2D eigenvalue weighted by molar-refractivity contribution is 0.171. The van der Waals surface area contributed by atoms with Crippen LogP contribution < -0.4 is 0 Å². The van der Waals surface area contributed by atoms with Crippen molar-refractivity contribution in [3.05, 3.63) is 24.3 Å². The summed E-state index contributed by atoms with van der Waals surface area (Å²) in [6.45, 7) is 3.88. The lowest BCUT2D eigenvalue weighted by atomic mass is 10.4. The molecule has 0 aliphatic rings. The van der Waals surface area contributed by atoms with E-state index in [-0.39, 0.29) is 29.0 Å². The Morgan fingerprint density at radius 1 is 1.19 bits per heavy atom. The summed E-state index contributed by atoms with van der Waals surface area (Å²) in [5.74, 6) is 0. The number of nitrogens with zero attached hydrogens (tertiary/aromatic N) is 1. The van der Waals surface area contributed by atoms with Crippen LogP contribution in [0.1, 0.15) is 13.8 Å². The van der Waals surface area contributed by atoms with Gasteiger partial charge in [0, 0.05) is 30.4 Å². The van der Waals surface area contributed by atoms with Crippen LogP contribution >= 0.6 is 10.7 Å². The first-order chi connectivity index (χ1) is 9.60. The van der Waals surface area contributed by atoms with Gasteiger partial charge in [0.05, 0.1) is 16.4 Å². The molecule has 1 aromatic carbocycles. The predicted molar refractivity (Wildman–Crippen MR) is 80.4 cm³/mol. The zero-order valence-corrected chi connectivity index (χ0v) is 14.4. The van der Waals surface area contributed by atoms with E-state index in [0.717, 1.165) is 6.07 Å². The van der Waals surface area contributed by atoms with E-state index < -0.39 is 19.1 Å². The largest absolute Gasteiger partial charge is 0.383 e. The Morgan fingerprint density at radius 3 is 2.24 bits per heavy atom. The Kier molecular flexibility index (Phi) is 6.18. The van der Waals surface area contributed by atoms with E-state index in [1.807, 2.05) is 0 Å². The Hall–Kier alpha value is -0.670. The van der Waals surface area contributed by atoms with Gasteiger partial charge in [-0.25, -0.2) is 16.8 Å². The van der Waals surface area contributed by atoms with Gasteiger partial charge in [0.25, 0.3) is 9.05 Å². The number of sulfonamides is 1. The Balaban J connectivity index is 3.29. The molecule has 0 saturated carbocycles. The van der Waals surface area contributed by atoms with Crippen molar-refractivity contribution in [1.82, 2.24) is 4.31 Å². The smallest absolute Gasteiger partial charge is 0.261 e. The molecular weight excluding hydrogens is 338 g/mol. The van der Waals surface area contributed by atoms with Gasteiger partial charge in [-0.05, 0) is 32.0 Å². The van der Waals surface area contributed by atoms with Crippen LogP contribution in [-0.2, 0) is 23.8 Å². The lowest BCUT2D eigenvalue weighted by Crippen LogP contribution is -2.39. The molecule has 0 aliphatic carbocycles. The highest BCUT2D eigenvalue weighted by atomic mass is 35.7. The minimum absolute atomic E-state index is 0.117. The summed E-state index contributed by atoms with van der Waals surface area (Å²) in [5.41, 5.74) is 0. The van der Waals surface area contributed by atoms with Crippen molar-refractivity contribution in [3.63, 3.8) is 0 Å². The van der Waals surface area contributed by atoms with Crippen molar-refractivity contribution in [1.29, 1.82) is 0 Å². The number of hydrogen-bond donors (Lipinski definition) is 0. The maximum Gasteiger partial charge on any atom is 0.261 e. The fourth-order valence-corrected chi connectivity index (χ4v) is 4.30. The number of methoxy groups -OCH3 is 1. The van der Waals surface area contributed by atoms with Crippen LogP contribution in [0.4, 0.5) is 0 Å². The van der Waals surface area contributed by atoms with Crippen molar-refractivity contribution in [2.75, 3.05) is 20.3 Å². The molecule has 6 nitrogen and oxygen atoms in total. The maximum absolute atomic E-state index is 12.6. The quantitative estimate of drug-likeness (QED) is 0.695. The van der Waals surface area contributed by atoms with E-state index in [1.54, 1.807) is 13.8 Å². The van der Waals surface area contributed by atoms with E-state index in [9.17, 15) is 16.8 Å². The molecule has 0 spiro atoms. The second-order valence-corrected chi connectivity index (χ2v) is 9.07. The molecule has 0 amide bonds. The molecule has 1 rings (SSSR count). The van der Waals surface area contributed by atoms with Gasteiger partial charge < -0.3 is 4.74 Å². The second kappa shape index (κ2) is 7.06. The van der Waals surface area contributed by atoms with Gasteiger partial charge in [0.2, 0.25) is 10.0 Å². The normalized spacial score (nSPS) is 13.0. The summed E-state index contributed by atoms with van der Waals surface area (Å²) in [5, 5.41) is 0. The number of ether oxygens (including phenoxy) is 1. The average molecular weight is 356 g/mol. The SMILES string of the molecule is COCCN(C(C)C)S(=O)(=O)c1cccc(S(=O)(=O)Cl)c1. The standard InChI is InChI=1S/C12H18ClNO5S2/c1-10(2)14(7-8-19-3)21(17,18)12-6-4-5-11(9-12)20(13,15)16/h4-6,9-10H,7-8H2,1-3H3. The van der Waals surface area contributed by atoms with E-state index in [2.05, 4.69) is 0 Å². The van der Waals surface area contributed by atoms with Crippen LogP contribution in [0.2, 0.25) is 0 Å². The first-order valence-electron chi connectivity index (χ1n) is 6.16. The van der Waals surface area contributed by atoms with Crippen molar-refractivity contribution >= 4 is 29.8 Å². The van der Waals surface area contributed by atoms with Crippen molar-refractivity contribution in [2.24, 2.45) is 0 Å². The van der Waals surface area contributed by atoms with Gasteiger partial charge in [0.15, 0.2) is 0 Å². The van der Waals surface area contributed by atoms with E-state index in [0.29, 0.717) is 0 Å². The highest BCUT2D eigenvalue weighted by Gasteiger charge is 2.27. The van der Waals surface area contributed by atoms with Crippen LogP contribution in [0.25, 0.3) is 0 Å². The van der Waals surface area contributed by atoms with Crippen molar-refractivity contribution < 1.29 is 21.6 Å².